The third-order valence-corrected chi connectivity index (χ3v) is 4.31. The van der Waals surface area contributed by atoms with E-state index in [0.717, 1.165) is 34.3 Å². The van der Waals surface area contributed by atoms with E-state index in [1.165, 1.54) is 0 Å². The first-order chi connectivity index (χ1) is 10.1. The number of benzene rings is 1. The van der Waals surface area contributed by atoms with E-state index in [4.69, 9.17) is 0 Å². The van der Waals surface area contributed by atoms with Crippen LogP contribution in [0.3, 0.4) is 0 Å². The van der Waals surface area contributed by atoms with Crippen molar-refractivity contribution in [3.63, 3.8) is 0 Å². The summed E-state index contributed by atoms with van der Waals surface area (Å²) in [6.45, 7) is 4.05. The molecule has 0 radical (unpaired) electrons. The Bertz CT molecular complexity index is 760. The second-order valence-corrected chi connectivity index (χ2v) is 5.89. The van der Waals surface area contributed by atoms with Crippen molar-refractivity contribution in [2.24, 2.45) is 0 Å². The van der Waals surface area contributed by atoms with Crippen molar-refractivity contribution in [3.8, 4) is 5.69 Å². The second kappa shape index (κ2) is 5.26. The predicted molar refractivity (Wildman–Crippen MR) is 84.3 cm³/mol. The molecule has 4 nitrogen and oxygen atoms in total. The molecule has 1 aliphatic heterocycles. The summed E-state index contributed by atoms with van der Waals surface area (Å²) in [7, 11) is 0. The first-order valence-corrected chi connectivity index (χ1v) is 7.37. The zero-order valence-electron chi connectivity index (χ0n) is 11.7. The third-order valence-electron chi connectivity index (χ3n) is 3.50. The number of rotatable bonds is 2. The van der Waals surface area contributed by atoms with Crippen LogP contribution in [-0.4, -0.2) is 15.7 Å². The molecule has 2 amide bonds. The Morgan fingerprint density at radius 3 is 2.48 bits per heavy atom. The number of carbonyl (C=O) groups is 2. The Morgan fingerprint density at radius 1 is 1.14 bits per heavy atom. The van der Waals surface area contributed by atoms with Crippen LogP contribution < -0.4 is 5.32 Å². The van der Waals surface area contributed by atoms with Gasteiger partial charge in [-0.25, -0.2) is 0 Å². The molecule has 21 heavy (non-hydrogen) atoms. The Morgan fingerprint density at radius 2 is 1.86 bits per heavy atom. The molecular weight excluding hydrogens is 284 g/mol. The van der Waals surface area contributed by atoms with Gasteiger partial charge in [-0.2, -0.15) is 0 Å². The van der Waals surface area contributed by atoms with E-state index in [1.807, 2.05) is 54.9 Å². The molecular formula is C16H14N2O2S. The van der Waals surface area contributed by atoms with E-state index in [1.54, 1.807) is 6.08 Å². The van der Waals surface area contributed by atoms with Crippen molar-refractivity contribution in [2.75, 3.05) is 0 Å². The van der Waals surface area contributed by atoms with Crippen LogP contribution >= 0.6 is 11.8 Å². The normalized spacial score (nSPS) is 16.6. The lowest BCUT2D eigenvalue weighted by molar-refractivity contribution is -0.115. The summed E-state index contributed by atoms with van der Waals surface area (Å²) in [6.07, 6.45) is 3.82. The van der Waals surface area contributed by atoms with E-state index < -0.39 is 0 Å². The number of amides is 2. The van der Waals surface area contributed by atoms with Crippen LogP contribution in [0.15, 0.2) is 41.4 Å². The number of carbonyl (C=O) groups excluding carboxylic acids is 2. The van der Waals surface area contributed by atoms with Crippen molar-refractivity contribution in [2.45, 2.75) is 13.8 Å². The largest absolute Gasteiger partial charge is 0.317 e. The molecule has 1 aromatic carbocycles. The number of imide groups is 1. The zero-order valence-corrected chi connectivity index (χ0v) is 12.5. The number of aromatic nitrogens is 1. The molecule has 1 N–H and O–H groups in total. The summed E-state index contributed by atoms with van der Waals surface area (Å²) >= 11 is 0.939. The van der Waals surface area contributed by atoms with Crippen LogP contribution in [0, 0.1) is 13.8 Å². The number of aryl methyl sites for hydroxylation is 1. The van der Waals surface area contributed by atoms with E-state index in [0.29, 0.717) is 4.91 Å². The smallest absolute Gasteiger partial charge is 0.290 e. The van der Waals surface area contributed by atoms with Gasteiger partial charge in [-0.05, 0) is 54.9 Å². The predicted octanol–water partition coefficient (Wildman–Crippen LogP) is 3.42. The van der Waals surface area contributed by atoms with E-state index in [2.05, 4.69) is 5.32 Å². The van der Waals surface area contributed by atoms with Crippen LogP contribution in [0.1, 0.15) is 16.8 Å². The number of nitrogens with one attached hydrogen (secondary N) is 1. The maximum absolute atomic E-state index is 11.7. The highest BCUT2D eigenvalue weighted by atomic mass is 32.2. The molecule has 106 valence electrons. The summed E-state index contributed by atoms with van der Waals surface area (Å²) < 4.78 is 2.04. The number of thioether (sulfide) groups is 1. The Balaban J connectivity index is 2.13. The molecule has 1 aromatic heterocycles. The highest BCUT2D eigenvalue weighted by Crippen LogP contribution is 2.29. The molecule has 1 saturated heterocycles. The number of hydrogen-bond donors (Lipinski definition) is 1. The molecule has 0 aliphatic carbocycles. The topological polar surface area (TPSA) is 51.1 Å². The molecule has 0 bridgehead atoms. The van der Waals surface area contributed by atoms with Gasteiger partial charge in [0.2, 0.25) is 0 Å². The van der Waals surface area contributed by atoms with Crippen molar-refractivity contribution in [3.05, 3.63) is 58.3 Å². The van der Waals surface area contributed by atoms with Gasteiger partial charge in [-0.3, -0.25) is 14.9 Å². The van der Waals surface area contributed by atoms with Gasteiger partial charge in [-0.15, -0.1) is 0 Å². The SMILES string of the molecule is Cc1cn(-c2ccccc2)c(/C=C2\SC(=O)NC2=O)c1C. The highest BCUT2D eigenvalue weighted by Gasteiger charge is 2.26. The lowest BCUT2D eigenvalue weighted by Gasteiger charge is -2.07. The minimum absolute atomic E-state index is 0.321. The van der Waals surface area contributed by atoms with Gasteiger partial charge in [0.15, 0.2) is 0 Å². The molecule has 5 heteroatoms. The lowest BCUT2D eigenvalue weighted by atomic mass is 10.2. The first kappa shape index (κ1) is 13.7. The third kappa shape index (κ3) is 2.52. The number of nitrogens with zero attached hydrogens (tertiary/aromatic N) is 1. The van der Waals surface area contributed by atoms with Gasteiger partial charge in [0.05, 0.1) is 10.6 Å². The van der Waals surface area contributed by atoms with Gasteiger partial charge in [0, 0.05) is 11.9 Å². The highest BCUT2D eigenvalue weighted by molar-refractivity contribution is 8.18. The van der Waals surface area contributed by atoms with Crippen molar-refractivity contribution in [1.82, 2.24) is 9.88 Å². The van der Waals surface area contributed by atoms with E-state index >= 15 is 0 Å². The van der Waals surface area contributed by atoms with Gasteiger partial charge in [-0.1, -0.05) is 18.2 Å². The zero-order chi connectivity index (χ0) is 15.0. The van der Waals surface area contributed by atoms with Crippen LogP contribution in [0.25, 0.3) is 11.8 Å². The molecule has 0 spiro atoms. The molecule has 2 heterocycles. The summed E-state index contributed by atoms with van der Waals surface area (Å²) in [6, 6.07) is 9.92. The van der Waals surface area contributed by atoms with E-state index in [9.17, 15) is 9.59 Å². The number of hydrogen-bond acceptors (Lipinski definition) is 3. The summed E-state index contributed by atoms with van der Waals surface area (Å²) in [5, 5.41) is 1.96. The van der Waals surface area contributed by atoms with Crippen LogP contribution in [0.2, 0.25) is 0 Å². The Hall–Kier alpha value is -2.27. The molecule has 3 rings (SSSR count). The standard InChI is InChI=1S/C16H14N2O2S/c1-10-9-18(12-6-4-3-5-7-12)13(11(10)2)8-14-15(19)17-16(20)21-14/h3-9H,1-2H3,(H,17,19,20)/b14-8-. The first-order valence-electron chi connectivity index (χ1n) is 6.55. The van der Waals surface area contributed by atoms with Crippen LogP contribution in [0.4, 0.5) is 4.79 Å². The minimum Gasteiger partial charge on any atom is -0.317 e. The molecule has 0 saturated carbocycles. The van der Waals surface area contributed by atoms with Crippen molar-refractivity contribution < 1.29 is 9.59 Å². The molecule has 1 fully saturated rings. The Labute approximate surface area is 126 Å². The van der Waals surface area contributed by atoms with Gasteiger partial charge in [0.25, 0.3) is 11.1 Å². The maximum Gasteiger partial charge on any atom is 0.290 e. The van der Waals surface area contributed by atoms with Crippen LogP contribution in [0.5, 0.6) is 0 Å². The summed E-state index contributed by atoms with van der Waals surface area (Å²) in [4.78, 5) is 23.4. The van der Waals surface area contributed by atoms with Gasteiger partial charge < -0.3 is 4.57 Å². The fourth-order valence-electron chi connectivity index (χ4n) is 2.27. The summed E-state index contributed by atoms with van der Waals surface area (Å²) in [5.74, 6) is -0.331. The molecule has 0 atom stereocenters. The fraction of sp³-hybridized carbons (Fsp3) is 0.125. The molecule has 2 aromatic rings. The average Bonchev–Trinajstić information content (AvgIpc) is 2.93. The van der Waals surface area contributed by atoms with Gasteiger partial charge >= 0.3 is 0 Å². The van der Waals surface area contributed by atoms with Crippen molar-refractivity contribution in [1.29, 1.82) is 0 Å². The second-order valence-electron chi connectivity index (χ2n) is 4.88. The maximum atomic E-state index is 11.7. The lowest BCUT2D eigenvalue weighted by Crippen LogP contribution is -2.17. The molecule has 1 aliphatic rings. The van der Waals surface area contributed by atoms with Crippen molar-refractivity contribution >= 4 is 29.0 Å². The molecule has 0 unspecified atom stereocenters. The average molecular weight is 298 g/mol. The van der Waals surface area contributed by atoms with Gasteiger partial charge in [0.1, 0.15) is 0 Å². The minimum atomic E-state index is -0.331. The fourth-order valence-corrected chi connectivity index (χ4v) is 2.93. The Kier molecular flexibility index (Phi) is 3.43. The van der Waals surface area contributed by atoms with E-state index in [-0.39, 0.29) is 11.1 Å². The quantitative estimate of drug-likeness (QED) is 0.864. The number of para-hydroxylation sites is 1. The van der Waals surface area contributed by atoms with Crippen LogP contribution in [-0.2, 0) is 4.79 Å². The monoisotopic (exact) mass is 298 g/mol. The summed E-state index contributed by atoms with van der Waals surface area (Å²) in [5.41, 5.74) is 4.18.